The van der Waals surface area contributed by atoms with Gasteiger partial charge in [-0.25, -0.2) is 0 Å². The maximum atomic E-state index is 12.6. The molecule has 2 saturated heterocycles. The van der Waals surface area contributed by atoms with Gasteiger partial charge in [-0.1, -0.05) is 30.3 Å². The van der Waals surface area contributed by atoms with Gasteiger partial charge in [0.1, 0.15) is 12.0 Å². The summed E-state index contributed by atoms with van der Waals surface area (Å²) in [6.07, 6.45) is 1.50. The Kier molecular flexibility index (Phi) is 5.54. The van der Waals surface area contributed by atoms with Gasteiger partial charge >= 0.3 is 5.97 Å². The highest BCUT2D eigenvalue weighted by Crippen LogP contribution is 2.32. The van der Waals surface area contributed by atoms with Gasteiger partial charge in [0, 0.05) is 31.0 Å². The van der Waals surface area contributed by atoms with Gasteiger partial charge in [-0.05, 0) is 19.4 Å². The molecule has 3 rings (SSSR count). The Hall–Kier alpha value is -1.43. The molecule has 0 amide bonds. The number of hydrogen-bond donors (Lipinski definition) is 1. The van der Waals surface area contributed by atoms with Gasteiger partial charge in [-0.2, -0.15) is 0 Å². The Bertz CT molecular complexity index is 534. The number of rotatable bonds is 5. The first-order chi connectivity index (χ1) is 11.6. The topological polar surface area (TPSA) is 59.0 Å². The smallest absolute Gasteiger partial charge is 0.316 e. The zero-order valence-corrected chi connectivity index (χ0v) is 14.4. The van der Waals surface area contributed by atoms with E-state index in [1.54, 1.807) is 0 Å². The van der Waals surface area contributed by atoms with Crippen LogP contribution in [-0.2, 0) is 14.3 Å². The van der Waals surface area contributed by atoms with Gasteiger partial charge in [0.15, 0.2) is 0 Å². The maximum Gasteiger partial charge on any atom is 0.316 e. The zero-order chi connectivity index (χ0) is 17.1. The summed E-state index contributed by atoms with van der Waals surface area (Å²) in [5, 5.41) is 9.63. The average molecular weight is 333 g/mol. The van der Waals surface area contributed by atoms with E-state index in [4.69, 9.17) is 9.47 Å². The van der Waals surface area contributed by atoms with Crippen LogP contribution in [0.2, 0.25) is 0 Å². The molecule has 2 unspecified atom stereocenters. The van der Waals surface area contributed by atoms with Crippen LogP contribution in [0, 0.1) is 0 Å². The third-order valence-electron chi connectivity index (χ3n) is 5.08. The average Bonchev–Trinajstić information content (AvgIpc) is 2.55. The third kappa shape index (κ3) is 3.63. The number of hydrogen-bond acceptors (Lipinski definition) is 5. The number of nitrogens with zero attached hydrogens (tertiary/aromatic N) is 1. The minimum Gasteiger partial charge on any atom is -0.462 e. The van der Waals surface area contributed by atoms with Gasteiger partial charge < -0.3 is 14.6 Å². The van der Waals surface area contributed by atoms with Crippen LogP contribution in [0.25, 0.3) is 0 Å². The van der Waals surface area contributed by atoms with Crippen molar-refractivity contribution in [2.45, 2.75) is 56.8 Å². The third-order valence-corrected chi connectivity index (χ3v) is 5.08. The molecule has 2 fully saturated rings. The van der Waals surface area contributed by atoms with Crippen LogP contribution in [0.3, 0.4) is 0 Å². The standard InChI is InChI=1S/C19H27NO4/c1-13(2)20-15-8-17(9-16(20)12-23-11-15)24-19(22)18(10-21)14-6-4-3-5-7-14/h3-7,13,15-18,21H,8-12H2,1-2H3/t15-,16+,17?,18?. The van der Waals surface area contributed by atoms with Crippen molar-refractivity contribution in [1.82, 2.24) is 4.90 Å². The molecule has 0 saturated carbocycles. The molecule has 132 valence electrons. The lowest BCUT2D eigenvalue weighted by Gasteiger charge is -2.50. The summed E-state index contributed by atoms with van der Waals surface area (Å²) in [5.74, 6) is -0.934. The van der Waals surface area contributed by atoms with Crippen LogP contribution in [0.5, 0.6) is 0 Å². The molecule has 5 heteroatoms. The number of carbonyl (C=O) groups is 1. The first-order valence-corrected chi connectivity index (χ1v) is 8.81. The monoisotopic (exact) mass is 333 g/mol. The summed E-state index contributed by atoms with van der Waals surface area (Å²) in [6.45, 7) is 5.57. The van der Waals surface area contributed by atoms with E-state index in [1.807, 2.05) is 30.3 Å². The lowest BCUT2D eigenvalue weighted by molar-refractivity contribution is -0.166. The molecule has 1 N–H and O–H groups in total. The number of morpholine rings is 1. The summed E-state index contributed by atoms with van der Waals surface area (Å²) >= 11 is 0. The van der Waals surface area contributed by atoms with Crippen molar-refractivity contribution in [3.05, 3.63) is 35.9 Å². The molecule has 0 spiro atoms. The second kappa shape index (κ2) is 7.64. The first-order valence-electron chi connectivity index (χ1n) is 8.81. The Morgan fingerprint density at radius 3 is 2.42 bits per heavy atom. The molecule has 2 aliphatic heterocycles. The van der Waals surface area contributed by atoms with E-state index in [2.05, 4.69) is 18.7 Å². The summed E-state index contributed by atoms with van der Waals surface area (Å²) in [7, 11) is 0. The minimum atomic E-state index is -0.606. The fraction of sp³-hybridized carbons (Fsp3) is 0.632. The van der Waals surface area contributed by atoms with Gasteiger partial charge in [-0.15, -0.1) is 0 Å². The number of aliphatic hydroxyl groups is 1. The highest BCUT2D eigenvalue weighted by Gasteiger charge is 2.42. The molecule has 0 aromatic heterocycles. The SMILES string of the molecule is CC(C)N1[C@@H]2COC[C@H]1CC(OC(=O)C(CO)c1ccccc1)C2. The van der Waals surface area contributed by atoms with Crippen molar-refractivity contribution in [3.63, 3.8) is 0 Å². The van der Waals surface area contributed by atoms with Gasteiger partial charge in [0.05, 0.1) is 19.8 Å². The van der Waals surface area contributed by atoms with E-state index in [0.29, 0.717) is 31.3 Å². The van der Waals surface area contributed by atoms with Crippen LogP contribution in [0.4, 0.5) is 0 Å². The Labute approximate surface area is 143 Å². The number of benzene rings is 1. The summed E-state index contributed by atoms with van der Waals surface area (Å²) in [4.78, 5) is 15.0. The molecule has 1 aromatic rings. The predicted molar refractivity (Wildman–Crippen MR) is 90.8 cm³/mol. The van der Waals surface area contributed by atoms with Crippen molar-refractivity contribution >= 4 is 5.97 Å². The number of fused-ring (bicyclic) bond motifs is 2. The first kappa shape index (κ1) is 17.4. The zero-order valence-electron chi connectivity index (χ0n) is 14.4. The van der Waals surface area contributed by atoms with E-state index in [1.165, 1.54) is 0 Å². The second-order valence-electron chi connectivity index (χ2n) is 7.06. The molecule has 2 bridgehead atoms. The lowest BCUT2D eigenvalue weighted by Crippen LogP contribution is -2.60. The number of carbonyl (C=O) groups excluding carboxylic acids is 1. The Morgan fingerprint density at radius 2 is 1.88 bits per heavy atom. The summed E-state index contributed by atoms with van der Waals surface area (Å²) in [5.41, 5.74) is 0.799. The van der Waals surface area contributed by atoms with Crippen LogP contribution in [-0.4, -0.2) is 60.0 Å². The van der Waals surface area contributed by atoms with Crippen LogP contribution in [0.15, 0.2) is 30.3 Å². The van der Waals surface area contributed by atoms with Crippen molar-refractivity contribution < 1.29 is 19.4 Å². The van der Waals surface area contributed by atoms with Crippen molar-refractivity contribution in [1.29, 1.82) is 0 Å². The fourth-order valence-electron chi connectivity index (χ4n) is 4.08. The predicted octanol–water partition coefficient (Wildman–Crippen LogP) is 1.95. The fourth-order valence-corrected chi connectivity index (χ4v) is 4.08. The van der Waals surface area contributed by atoms with E-state index >= 15 is 0 Å². The number of ether oxygens (including phenoxy) is 2. The van der Waals surface area contributed by atoms with E-state index < -0.39 is 5.92 Å². The lowest BCUT2D eigenvalue weighted by atomic mass is 9.90. The minimum absolute atomic E-state index is 0.0934. The molecular formula is C19H27NO4. The molecular weight excluding hydrogens is 306 g/mol. The Balaban J connectivity index is 1.65. The second-order valence-corrected chi connectivity index (χ2v) is 7.06. The van der Waals surface area contributed by atoms with Crippen molar-refractivity contribution in [2.75, 3.05) is 19.8 Å². The number of esters is 1. The van der Waals surface area contributed by atoms with Crippen LogP contribution in [0.1, 0.15) is 38.2 Å². The number of aliphatic hydroxyl groups excluding tert-OH is 1. The van der Waals surface area contributed by atoms with Crippen molar-refractivity contribution in [3.8, 4) is 0 Å². The molecule has 4 atom stereocenters. The molecule has 0 radical (unpaired) electrons. The van der Waals surface area contributed by atoms with E-state index in [9.17, 15) is 9.90 Å². The van der Waals surface area contributed by atoms with Gasteiger partial charge in [-0.3, -0.25) is 9.69 Å². The molecule has 1 aromatic carbocycles. The molecule has 2 heterocycles. The quantitative estimate of drug-likeness (QED) is 0.835. The molecule has 5 nitrogen and oxygen atoms in total. The Morgan fingerprint density at radius 1 is 1.25 bits per heavy atom. The molecule has 2 aliphatic rings. The van der Waals surface area contributed by atoms with E-state index in [-0.39, 0.29) is 18.7 Å². The van der Waals surface area contributed by atoms with Gasteiger partial charge in [0.2, 0.25) is 0 Å². The maximum absolute atomic E-state index is 12.6. The highest BCUT2D eigenvalue weighted by atomic mass is 16.5. The summed E-state index contributed by atoms with van der Waals surface area (Å²) < 4.78 is 11.5. The highest BCUT2D eigenvalue weighted by molar-refractivity contribution is 5.78. The largest absolute Gasteiger partial charge is 0.462 e. The van der Waals surface area contributed by atoms with E-state index in [0.717, 1.165) is 18.4 Å². The normalized spacial score (nSPS) is 28.6. The summed E-state index contributed by atoms with van der Waals surface area (Å²) in [6, 6.07) is 10.4. The van der Waals surface area contributed by atoms with Gasteiger partial charge in [0.25, 0.3) is 0 Å². The van der Waals surface area contributed by atoms with Crippen LogP contribution >= 0.6 is 0 Å². The van der Waals surface area contributed by atoms with Crippen LogP contribution < -0.4 is 0 Å². The number of piperidine rings is 1. The van der Waals surface area contributed by atoms with Crippen molar-refractivity contribution in [2.24, 2.45) is 0 Å². The molecule has 0 aliphatic carbocycles. The molecule has 24 heavy (non-hydrogen) atoms.